The molecule has 1 atom stereocenters. The molecule has 0 aromatic carbocycles. The molecule has 1 rings (SSSR count). The molecule has 1 unspecified atom stereocenters. The topological polar surface area (TPSA) is 58.6 Å². The Morgan fingerprint density at radius 2 is 2.00 bits per heavy atom. The van der Waals surface area contributed by atoms with Crippen LogP contribution in [0.4, 0.5) is 0 Å². The van der Waals surface area contributed by atoms with E-state index in [1.54, 1.807) is 0 Å². The number of rotatable bonds is 5. The first-order chi connectivity index (χ1) is 7.38. The first kappa shape index (κ1) is 13.5. The van der Waals surface area contributed by atoms with Crippen LogP contribution in [0, 0.1) is 0 Å². The van der Waals surface area contributed by atoms with Gasteiger partial charge in [-0.1, -0.05) is 12.8 Å². The van der Waals surface area contributed by atoms with Crippen LogP contribution < -0.4 is 5.32 Å². The Labute approximate surface area is 97.4 Å². The van der Waals surface area contributed by atoms with Crippen LogP contribution in [0.2, 0.25) is 0 Å². The Bertz CT molecular complexity index is 229. The summed E-state index contributed by atoms with van der Waals surface area (Å²) in [4.78, 5) is 11.1. The lowest BCUT2D eigenvalue weighted by Crippen LogP contribution is -2.46. The molecule has 0 aromatic rings. The van der Waals surface area contributed by atoms with Gasteiger partial charge in [0, 0.05) is 6.04 Å². The summed E-state index contributed by atoms with van der Waals surface area (Å²) in [6.45, 7) is 6.03. The minimum Gasteiger partial charge on any atom is -0.480 e. The Morgan fingerprint density at radius 1 is 1.44 bits per heavy atom. The molecule has 1 aliphatic carbocycles. The third-order valence-electron chi connectivity index (χ3n) is 2.77. The molecule has 0 amide bonds. The van der Waals surface area contributed by atoms with Gasteiger partial charge in [-0.3, -0.25) is 10.1 Å². The minimum atomic E-state index is -0.823. The summed E-state index contributed by atoms with van der Waals surface area (Å²) in [6, 6.07) is -0.230. The van der Waals surface area contributed by atoms with Gasteiger partial charge in [0.1, 0.15) is 6.04 Å². The van der Waals surface area contributed by atoms with Crippen LogP contribution in [-0.4, -0.2) is 35.4 Å². The molecule has 0 radical (unpaired) electrons. The number of carbonyl (C=O) groups is 1. The Kier molecular flexibility index (Phi) is 4.74. The lowest BCUT2D eigenvalue weighted by Gasteiger charge is -2.25. The number of aliphatic carboxylic acids is 1. The van der Waals surface area contributed by atoms with Gasteiger partial charge in [0.2, 0.25) is 0 Å². The number of hydrogen-bond acceptors (Lipinski definition) is 3. The summed E-state index contributed by atoms with van der Waals surface area (Å²) >= 11 is 0. The second-order valence-electron chi connectivity index (χ2n) is 5.46. The average molecular weight is 229 g/mol. The van der Waals surface area contributed by atoms with E-state index in [1.165, 1.54) is 12.8 Å². The molecule has 1 saturated carbocycles. The third-order valence-corrected chi connectivity index (χ3v) is 2.77. The summed E-state index contributed by atoms with van der Waals surface area (Å²) in [5.41, 5.74) is -0.287. The maximum atomic E-state index is 11.1. The van der Waals surface area contributed by atoms with E-state index in [-0.39, 0.29) is 12.2 Å². The molecule has 0 aromatic heterocycles. The van der Waals surface area contributed by atoms with Crippen LogP contribution in [0.5, 0.6) is 0 Å². The van der Waals surface area contributed by atoms with Crippen molar-refractivity contribution in [2.24, 2.45) is 0 Å². The molecular weight excluding hydrogens is 206 g/mol. The highest BCUT2D eigenvalue weighted by Gasteiger charge is 2.25. The molecule has 0 saturated heterocycles. The van der Waals surface area contributed by atoms with Gasteiger partial charge in [-0.2, -0.15) is 0 Å². The van der Waals surface area contributed by atoms with Crippen molar-refractivity contribution in [3.8, 4) is 0 Å². The van der Waals surface area contributed by atoms with Crippen molar-refractivity contribution in [3.05, 3.63) is 0 Å². The molecule has 0 heterocycles. The highest BCUT2D eigenvalue weighted by Crippen LogP contribution is 2.18. The molecule has 2 N–H and O–H groups in total. The molecule has 4 nitrogen and oxygen atoms in total. The monoisotopic (exact) mass is 229 g/mol. The predicted molar refractivity (Wildman–Crippen MR) is 62.5 cm³/mol. The number of ether oxygens (including phenoxy) is 1. The van der Waals surface area contributed by atoms with Gasteiger partial charge < -0.3 is 9.84 Å². The smallest absolute Gasteiger partial charge is 0.323 e. The first-order valence-electron chi connectivity index (χ1n) is 6.01. The number of hydrogen-bond donors (Lipinski definition) is 2. The zero-order valence-corrected chi connectivity index (χ0v) is 10.5. The largest absolute Gasteiger partial charge is 0.480 e. The molecule has 0 bridgehead atoms. The van der Waals surface area contributed by atoms with Crippen molar-refractivity contribution < 1.29 is 14.6 Å². The van der Waals surface area contributed by atoms with Crippen molar-refractivity contribution in [3.63, 3.8) is 0 Å². The average Bonchev–Trinajstić information content (AvgIpc) is 2.62. The Balaban J connectivity index is 2.38. The highest BCUT2D eigenvalue weighted by atomic mass is 16.5. The van der Waals surface area contributed by atoms with Crippen molar-refractivity contribution in [1.82, 2.24) is 5.32 Å². The van der Waals surface area contributed by atoms with Crippen LogP contribution >= 0.6 is 0 Å². The fraction of sp³-hybridized carbons (Fsp3) is 0.917. The number of carboxylic acids is 1. The molecule has 94 valence electrons. The molecule has 4 heteroatoms. The number of nitrogens with one attached hydrogen (secondary N) is 1. The molecule has 0 aliphatic heterocycles. The summed E-state index contributed by atoms with van der Waals surface area (Å²) in [5, 5.41) is 12.3. The van der Waals surface area contributed by atoms with Gasteiger partial charge in [-0.15, -0.1) is 0 Å². The minimum absolute atomic E-state index is 0.231. The first-order valence-corrected chi connectivity index (χ1v) is 6.01. The van der Waals surface area contributed by atoms with Gasteiger partial charge in [-0.05, 0) is 33.6 Å². The van der Waals surface area contributed by atoms with Crippen LogP contribution in [-0.2, 0) is 9.53 Å². The summed E-state index contributed by atoms with van der Waals surface area (Å²) in [5.74, 6) is -0.823. The van der Waals surface area contributed by atoms with Gasteiger partial charge in [0.05, 0.1) is 12.2 Å². The van der Waals surface area contributed by atoms with E-state index in [4.69, 9.17) is 9.84 Å². The molecule has 16 heavy (non-hydrogen) atoms. The standard InChI is InChI=1S/C12H23NO3/c1-12(2,3)16-8-10(11(14)15)13-9-6-4-5-7-9/h9-10,13H,4-8H2,1-3H3,(H,14,15). The summed E-state index contributed by atoms with van der Waals surface area (Å²) in [7, 11) is 0. The maximum Gasteiger partial charge on any atom is 0.323 e. The molecular formula is C12H23NO3. The quantitative estimate of drug-likeness (QED) is 0.754. The van der Waals surface area contributed by atoms with Crippen molar-refractivity contribution >= 4 is 5.97 Å². The molecule has 1 fully saturated rings. The van der Waals surface area contributed by atoms with Gasteiger partial charge in [-0.25, -0.2) is 0 Å². The fourth-order valence-electron chi connectivity index (χ4n) is 1.90. The number of carboxylic acid groups (broad SMARTS) is 1. The van der Waals surface area contributed by atoms with E-state index < -0.39 is 12.0 Å². The van der Waals surface area contributed by atoms with E-state index in [2.05, 4.69) is 5.32 Å². The van der Waals surface area contributed by atoms with Crippen LogP contribution in [0.15, 0.2) is 0 Å². The maximum absolute atomic E-state index is 11.1. The van der Waals surface area contributed by atoms with Gasteiger partial charge >= 0.3 is 5.97 Å². The van der Waals surface area contributed by atoms with Gasteiger partial charge in [0.15, 0.2) is 0 Å². The zero-order valence-electron chi connectivity index (χ0n) is 10.5. The van der Waals surface area contributed by atoms with E-state index in [0.717, 1.165) is 12.8 Å². The highest BCUT2D eigenvalue weighted by molar-refractivity contribution is 5.73. The third kappa shape index (κ3) is 4.94. The Morgan fingerprint density at radius 3 is 2.44 bits per heavy atom. The fourth-order valence-corrected chi connectivity index (χ4v) is 1.90. The van der Waals surface area contributed by atoms with Gasteiger partial charge in [0.25, 0.3) is 0 Å². The van der Waals surface area contributed by atoms with E-state index in [0.29, 0.717) is 6.04 Å². The van der Waals surface area contributed by atoms with Crippen molar-refractivity contribution in [2.45, 2.75) is 64.1 Å². The van der Waals surface area contributed by atoms with Crippen LogP contribution in [0.25, 0.3) is 0 Å². The normalized spacial score (nSPS) is 19.9. The van der Waals surface area contributed by atoms with Crippen molar-refractivity contribution in [1.29, 1.82) is 0 Å². The molecule has 1 aliphatic rings. The summed E-state index contributed by atoms with van der Waals surface area (Å²) < 4.78 is 5.52. The lowest BCUT2D eigenvalue weighted by atomic mass is 10.1. The molecule has 0 spiro atoms. The van der Waals surface area contributed by atoms with Crippen molar-refractivity contribution in [2.75, 3.05) is 6.61 Å². The van der Waals surface area contributed by atoms with Crippen LogP contribution in [0.3, 0.4) is 0 Å². The zero-order chi connectivity index (χ0) is 12.2. The Hall–Kier alpha value is -0.610. The second-order valence-corrected chi connectivity index (χ2v) is 5.46. The lowest BCUT2D eigenvalue weighted by molar-refractivity contribution is -0.143. The van der Waals surface area contributed by atoms with Crippen LogP contribution in [0.1, 0.15) is 46.5 Å². The SMILES string of the molecule is CC(C)(C)OCC(NC1CCCC1)C(=O)O. The predicted octanol–water partition coefficient (Wildman–Crippen LogP) is 1.79. The van der Waals surface area contributed by atoms with E-state index >= 15 is 0 Å². The van der Waals surface area contributed by atoms with E-state index in [1.807, 2.05) is 20.8 Å². The van der Waals surface area contributed by atoms with E-state index in [9.17, 15) is 4.79 Å². The second kappa shape index (κ2) is 5.64. The summed E-state index contributed by atoms with van der Waals surface area (Å²) in [6.07, 6.45) is 4.56.